The molecule has 0 fully saturated rings. The van der Waals surface area contributed by atoms with Crippen LogP contribution in [0.4, 0.5) is 0 Å². The van der Waals surface area contributed by atoms with Gasteiger partial charge >= 0.3 is 0 Å². The van der Waals surface area contributed by atoms with Crippen LogP contribution in [0.15, 0.2) is 42.5 Å². The van der Waals surface area contributed by atoms with E-state index in [-0.39, 0.29) is 12.0 Å². The van der Waals surface area contributed by atoms with Gasteiger partial charge in [0.15, 0.2) is 17.6 Å². The lowest BCUT2D eigenvalue weighted by atomic mass is 10.0. The zero-order chi connectivity index (χ0) is 20.7. The molecule has 5 heteroatoms. The van der Waals surface area contributed by atoms with Gasteiger partial charge in [-0.25, -0.2) is 0 Å². The van der Waals surface area contributed by atoms with E-state index < -0.39 is 6.10 Å². The minimum atomic E-state index is -0.592. The Morgan fingerprint density at radius 2 is 1.64 bits per heavy atom. The lowest BCUT2D eigenvalue weighted by Gasteiger charge is -2.19. The van der Waals surface area contributed by atoms with Crippen LogP contribution >= 0.6 is 0 Å². The highest BCUT2D eigenvalue weighted by Gasteiger charge is 2.17. The van der Waals surface area contributed by atoms with Crippen LogP contribution in [0.5, 0.6) is 17.2 Å². The van der Waals surface area contributed by atoms with E-state index in [0.717, 1.165) is 16.9 Å². The maximum Gasteiger partial charge on any atom is 0.261 e. The third kappa shape index (κ3) is 5.91. The maximum atomic E-state index is 12.5. The molecule has 0 radical (unpaired) electrons. The molecule has 5 nitrogen and oxygen atoms in total. The summed E-state index contributed by atoms with van der Waals surface area (Å²) in [7, 11) is 1.60. The van der Waals surface area contributed by atoms with E-state index in [9.17, 15) is 4.79 Å². The Kier molecular flexibility index (Phi) is 7.73. The second-order valence-corrected chi connectivity index (χ2v) is 7.32. The van der Waals surface area contributed by atoms with Crippen molar-refractivity contribution in [2.45, 2.75) is 59.3 Å². The molecule has 2 aromatic rings. The minimum absolute atomic E-state index is 0.0613. The summed E-state index contributed by atoms with van der Waals surface area (Å²) < 4.78 is 17.0. The Morgan fingerprint density at radius 3 is 2.29 bits per heavy atom. The summed E-state index contributed by atoms with van der Waals surface area (Å²) >= 11 is 0. The molecule has 1 amide bonds. The van der Waals surface area contributed by atoms with Gasteiger partial charge in [0, 0.05) is 6.54 Å². The molecular weight excluding hydrogens is 354 g/mol. The highest BCUT2D eigenvalue weighted by atomic mass is 16.5. The molecule has 0 aliphatic rings. The van der Waals surface area contributed by atoms with Gasteiger partial charge in [-0.15, -0.1) is 0 Å². The molecule has 1 N–H and O–H groups in total. The molecular formula is C23H31NO4. The molecule has 152 valence electrons. The van der Waals surface area contributed by atoms with E-state index in [1.165, 1.54) is 0 Å². The van der Waals surface area contributed by atoms with Gasteiger partial charge in [-0.05, 0) is 56.0 Å². The van der Waals surface area contributed by atoms with E-state index in [2.05, 4.69) is 19.2 Å². The number of hydrogen-bond acceptors (Lipinski definition) is 4. The Bertz CT molecular complexity index is 786. The smallest absolute Gasteiger partial charge is 0.261 e. The van der Waals surface area contributed by atoms with Crippen molar-refractivity contribution < 1.29 is 19.0 Å². The molecule has 2 rings (SSSR count). The Balaban J connectivity index is 1.98. The molecule has 1 atom stereocenters. The number of para-hydroxylation sites is 1. The van der Waals surface area contributed by atoms with Crippen LogP contribution in [0.25, 0.3) is 0 Å². The van der Waals surface area contributed by atoms with Crippen molar-refractivity contribution in [2.75, 3.05) is 7.11 Å². The van der Waals surface area contributed by atoms with Crippen molar-refractivity contribution in [3.63, 3.8) is 0 Å². The maximum absolute atomic E-state index is 12.5. The number of nitrogens with one attached hydrogen (secondary N) is 1. The van der Waals surface area contributed by atoms with Crippen LogP contribution in [0.1, 0.15) is 51.7 Å². The van der Waals surface area contributed by atoms with E-state index >= 15 is 0 Å². The van der Waals surface area contributed by atoms with Crippen molar-refractivity contribution in [2.24, 2.45) is 0 Å². The van der Waals surface area contributed by atoms with Gasteiger partial charge in [-0.1, -0.05) is 38.1 Å². The highest BCUT2D eigenvalue weighted by molar-refractivity contribution is 5.80. The summed E-state index contributed by atoms with van der Waals surface area (Å²) in [6.45, 7) is 10.3. The fraction of sp³-hybridized carbons (Fsp3) is 0.435. The lowest BCUT2D eigenvalue weighted by molar-refractivity contribution is -0.127. The van der Waals surface area contributed by atoms with Gasteiger partial charge in [-0.2, -0.15) is 0 Å². The molecule has 2 aromatic carbocycles. The number of ether oxygens (including phenoxy) is 3. The number of rotatable bonds is 9. The van der Waals surface area contributed by atoms with Gasteiger partial charge in [0.25, 0.3) is 5.91 Å². The second-order valence-electron chi connectivity index (χ2n) is 7.32. The summed E-state index contributed by atoms with van der Waals surface area (Å²) in [6.07, 6.45) is -0.531. The zero-order valence-electron chi connectivity index (χ0n) is 17.6. The Labute approximate surface area is 168 Å². The molecule has 0 saturated heterocycles. The first-order valence-electron chi connectivity index (χ1n) is 9.68. The Morgan fingerprint density at radius 1 is 0.929 bits per heavy atom. The van der Waals surface area contributed by atoms with Crippen LogP contribution in [0.2, 0.25) is 0 Å². The fourth-order valence-corrected chi connectivity index (χ4v) is 2.81. The molecule has 0 heterocycles. The van der Waals surface area contributed by atoms with E-state index in [4.69, 9.17) is 14.2 Å². The monoisotopic (exact) mass is 385 g/mol. The normalized spacial score (nSPS) is 12.0. The number of carbonyl (C=O) groups is 1. The quantitative estimate of drug-likeness (QED) is 0.680. The standard InChI is InChI=1S/C23H31NO4/c1-15(2)19-9-7-8-10-20(19)28-17(5)23(25)24-14-18-11-12-21(27-16(3)4)22(13-18)26-6/h7-13,15-17H,14H2,1-6H3,(H,24,25)/t17-/m1/s1. The molecule has 0 unspecified atom stereocenters. The largest absolute Gasteiger partial charge is 0.493 e. The zero-order valence-corrected chi connectivity index (χ0v) is 17.6. The average molecular weight is 386 g/mol. The van der Waals surface area contributed by atoms with Gasteiger partial charge in [0.1, 0.15) is 5.75 Å². The lowest BCUT2D eigenvalue weighted by Crippen LogP contribution is -2.36. The third-order valence-corrected chi connectivity index (χ3v) is 4.27. The van der Waals surface area contributed by atoms with Crippen LogP contribution in [-0.2, 0) is 11.3 Å². The molecule has 0 saturated carbocycles. The second kappa shape index (κ2) is 10.0. The molecule has 0 aliphatic carbocycles. The van der Waals surface area contributed by atoms with Gasteiger partial charge < -0.3 is 19.5 Å². The molecule has 0 spiro atoms. The van der Waals surface area contributed by atoms with Crippen LogP contribution < -0.4 is 19.5 Å². The van der Waals surface area contributed by atoms with Crippen LogP contribution in [0, 0.1) is 0 Å². The summed E-state index contributed by atoms with van der Waals surface area (Å²) in [6, 6.07) is 13.5. The Hall–Kier alpha value is -2.69. The predicted octanol–water partition coefficient (Wildman–Crippen LogP) is 4.69. The van der Waals surface area contributed by atoms with E-state index in [1.807, 2.05) is 56.3 Å². The summed E-state index contributed by atoms with van der Waals surface area (Å²) in [5.41, 5.74) is 2.02. The number of hydrogen-bond donors (Lipinski definition) is 1. The third-order valence-electron chi connectivity index (χ3n) is 4.27. The SMILES string of the molecule is COc1cc(CNC(=O)[C@@H](C)Oc2ccccc2C(C)C)ccc1OC(C)C. The van der Waals surface area contributed by atoms with Gasteiger partial charge in [0.05, 0.1) is 13.2 Å². The summed E-state index contributed by atoms with van der Waals surface area (Å²) in [5.74, 6) is 2.24. The van der Waals surface area contributed by atoms with Gasteiger partial charge in [-0.3, -0.25) is 4.79 Å². The van der Waals surface area contributed by atoms with E-state index in [0.29, 0.717) is 24.0 Å². The number of amides is 1. The number of benzene rings is 2. The number of carbonyl (C=O) groups excluding carboxylic acids is 1. The van der Waals surface area contributed by atoms with Crippen LogP contribution in [0.3, 0.4) is 0 Å². The van der Waals surface area contributed by atoms with Crippen molar-refractivity contribution in [1.82, 2.24) is 5.32 Å². The molecule has 0 aromatic heterocycles. The number of methoxy groups -OCH3 is 1. The molecule has 0 bridgehead atoms. The first kappa shape index (κ1) is 21.6. The minimum Gasteiger partial charge on any atom is -0.493 e. The first-order valence-corrected chi connectivity index (χ1v) is 9.68. The first-order chi connectivity index (χ1) is 13.3. The highest BCUT2D eigenvalue weighted by Crippen LogP contribution is 2.29. The van der Waals surface area contributed by atoms with E-state index in [1.54, 1.807) is 14.0 Å². The predicted molar refractivity (Wildman–Crippen MR) is 111 cm³/mol. The van der Waals surface area contributed by atoms with Crippen molar-refractivity contribution >= 4 is 5.91 Å². The van der Waals surface area contributed by atoms with Crippen LogP contribution in [-0.4, -0.2) is 25.2 Å². The van der Waals surface area contributed by atoms with Crippen molar-refractivity contribution in [3.8, 4) is 17.2 Å². The van der Waals surface area contributed by atoms with Gasteiger partial charge in [0.2, 0.25) is 0 Å². The average Bonchev–Trinajstić information content (AvgIpc) is 2.66. The summed E-state index contributed by atoms with van der Waals surface area (Å²) in [5, 5.41) is 2.92. The summed E-state index contributed by atoms with van der Waals surface area (Å²) in [4.78, 5) is 12.5. The molecule has 0 aliphatic heterocycles. The molecule has 28 heavy (non-hydrogen) atoms. The topological polar surface area (TPSA) is 56.8 Å². The van der Waals surface area contributed by atoms with Crippen molar-refractivity contribution in [3.05, 3.63) is 53.6 Å². The fourth-order valence-electron chi connectivity index (χ4n) is 2.81. The van der Waals surface area contributed by atoms with Crippen molar-refractivity contribution in [1.29, 1.82) is 0 Å².